The highest BCUT2D eigenvalue weighted by Gasteiger charge is 2.23. The number of hydrogen-bond donors (Lipinski definition) is 2. The van der Waals surface area contributed by atoms with Crippen molar-refractivity contribution >= 4 is 11.8 Å². The van der Waals surface area contributed by atoms with Crippen LogP contribution in [0.25, 0.3) is 0 Å². The molecule has 1 saturated heterocycles. The molecule has 2 rings (SSSR count). The minimum absolute atomic E-state index is 0.358. The van der Waals surface area contributed by atoms with Gasteiger partial charge in [-0.25, -0.2) is 4.79 Å². The third-order valence-electron chi connectivity index (χ3n) is 2.99. The van der Waals surface area contributed by atoms with Crippen LogP contribution in [-0.4, -0.2) is 34.2 Å². The van der Waals surface area contributed by atoms with Crippen LogP contribution in [0.5, 0.6) is 0 Å². The Balaban J connectivity index is 1.99. The number of carbonyl (C=O) groups is 1. The van der Waals surface area contributed by atoms with Gasteiger partial charge in [-0.05, 0) is 25.0 Å². The van der Waals surface area contributed by atoms with Crippen molar-refractivity contribution in [3.8, 4) is 0 Å². The van der Waals surface area contributed by atoms with Crippen molar-refractivity contribution in [1.82, 2.24) is 9.88 Å². The van der Waals surface area contributed by atoms with Crippen LogP contribution in [0.4, 0.5) is 10.5 Å². The Morgan fingerprint density at radius 2 is 2.12 bits per heavy atom. The number of nitrogens with zero attached hydrogens (tertiary/aromatic N) is 2. The normalized spacial score (nSPS) is 17.4. The summed E-state index contributed by atoms with van der Waals surface area (Å²) < 4.78 is 0. The highest BCUT2D eigenvalue weighted by Crippen LogP contribution is 2.26. The molecule has 0 aliphatic carbocycles. The zero-order valence-electron chi connectivity index (χ0n) is 8.97. The maximum Gasteiger partial charge on any atom is 0.407 e. The van der Waals surface area contributed by atoms with E-state index in [4.69, 9.17) is 10.8 Å². The van der Waals surface area contributed by atoms with Crippen molar-refractivity contribution in [2.45, 2.75) is 18.8 Å². The van der Waals surface area contributed by atoms with Crippen LogP contribution in [0.15, 0.2) is 18.3 Å². The zero-order chi connectivity index (χ0) is 11.5. The summed E-state index contributed by atoms with van der Waals surface area (Å²) in [5.74, 6) is 0.358. The predicted octanol–water partition coefficient (Wildman–Crippen LogP) is 1.52. The largest absolute Gasteiger partial charge is 0.465 e. The van der Waals surface area contributed by atoms with Gasteiger partial charge in [-0.15, -0.1) is 0 Å². The third-order valence-corrected chi connectivity index (χ3v) is 2.99. The van der Waals surface area contributed by atoms with Gasteiger partial charge < -0.3 is 15.7 Å². The molecule has 2 heterocycles. The minimum atomic E-state index is -0.830. The average molecular weight is 221 g/mol. The number of hydrogen-bond acceptors (Lipinski definition) is 3. The molecule has 0 atom stereocenters. The summed E-state index contributed by atoms with van der Waals surface area (Å²) in [7, 11) is 0. The molecular weight excluding hydrogens is 206 g/mol. The fourth-order valence-corrected chi connectivity index (χ4v) is 2.02. The van der Waals surface area contributed by atoms with Gasteiger partial charge >= 0.3 is 6.09 Å². The van der Waals surface area contributed by atoms with E-state index in [9.17, 15) is 4.79 Å². The fraction of sp³-hybridized carbons (Fsp3) is 0.455. The number of piperidine rings is 1. The van der Waals surface area contributed by atoms with Gasteiger partial charge in [-0.1, -0.05) is 0 Å². The van der Waals surface area contributed by atoms with E-state index in [0.29, 0.717) is 24.7 Å². The fourth-order valence-electron chi connectivity index (χ4n) is 2.02. The predicted molar refractivity (Wildman–Crippen MR) is 60.2 cm³/mol. The quantitative estimate of drug-likeness (QED) is 0.753. The average Bonchev–Trinajstić information content (AvgIpc) is 2.30. The number of nitrogen functional groups attached to an aromatic ring is 1. The van der Waals surface area contributed by atoms with Crippen molar-refractivity contribution in [3.63, 3.8) is 0 Å². The molecule has 1 aliphatic rings. The highest BCUT2D eigenvalue weighted by molar-refractivity contribution is 5.65. The molecule has 16 heavy (non-hydrogen) atoms. The van der Waals surface area contributed by atoms with Crippen molar-refractivity contribution in [2.24, 2.45) is 0 Å². The van der Waals surface area contributed by atoms with Gasteiger partial charge in [0.2, 0.25) is 0 Å². The Kier molecular flexibility index (Phi) is 2.94. The van der Waals surface area contributed by atoms with E-state index in [0.717, 1.165) is 18.5 Å². The molecule has 1 aromatic rings. The molecule has 0 bridgehead atoms. The van der Waals surface area contributed by atoms with Crippen molar-refractivity contribution in [1.29, 1.82) is 0 Å². The lowest BCUT2D eigenvalue weighted by Gasteiger charge is -2.29. The smallest absolute Gasteiger partial charge is 0.407 e. The van der Waals surface area contributed by atoms with E-state index in [1.165, 1.54) is 4.90 Å². The lowest BCUT2D eigenvalue weighted by Crippen LogP contribution is -2.36. The summed E-state index contributed by atoms with van der Waals surface area (Å²) in [6.45, 7) is 1.18. The number of anilines is 1. The Morgan fingerprint density at radius 1 is 1.44 bits per heavy atom. The maximum absolute atomic E-state index is 10.7. The van der Waals surface area contributed by atoms with Crippen molar-refractivity contribution in [2.75, 3.05) is 18.8 Å². The van der Waals surface area contributed by atoms with Crippen LogP contribution in [0.2, 0.25) is 0 Å². The number of aromatic nitrogens is 1. The van der Waals surface area contributed by atoms with E-state index >= 15 is 0 Å². The first-order valence-corrected chi connectivity index (χ1v) is 5.36. The molecule has 5 heteroatoms. The Bertz CT molecular complexity index is 369. The van der Waals surface area contributed by atoms with E-state index in [-0.39, 0.29) is 0 Å². The number of amides is 1. The first-order chi connectivity index (χ1) is 7.66. The second kappa shape index (κ2) is 4.38. The molecule has 3 N–H and O–H groups in total. The number of carboxylic acid groups (broad SMARTS) is 1. The van der Waals surface area contributed by atoms with E-state index in [2.05, 4.69) is 4.98 Å². The summed E-state index contributed by atoms with van der Waals surface area (Å²) in [6, 6.07) is 3.77. The molecule has 1 aliphatic heterocycles. The number of rotatable bonds is 1. The monoisotopic (exact) mass is 221 g/mol. The van der Waals surface area contributed by atoms with E-state index < -0.39 is 6.09 Å². The highest BCUT2D eigenvalue weighted by atomic mass is 16.4. The molecule has 1 amide bonds. The second-order valence-corrected chi connectivity index (χ2v) is 4.06. The van der Waals surface area contributed by atoms with Gasteiger partial charge in [0.1, 0.15) is 0 Å². The van der Waals surface area contributed by atoms with Crippen molar-refractivity contribution in [3.05, 3.63) is 24.0 Å². The summed E-state index contributed by atoms with van der Waals surface area (Å²) in [6.07, 6.45) is 2.49. The second-order valence-electron chi connectivity index (χ2n) is 4.06. The number of pyridine rings is 1. The van der Waals surface area contributed by atoms with Gasteiger partial charge in [0.25, 0.3) is 0 Å². The topological polar surface area (TPSA) is 79.5 Å². The zero-order valence-corrected chi connectivity index (χ0v) is 8.97. The molecule has 0 unspecified atom stereocenters. The summed E-state index contributed by atoms with van der Waals surface area (Å²) in [5.41, 5.74) is 7.24. The Morgan fingerprint density at radius 3 is 2.62 bits per heavy atom. The Hall–Kier alpha value is -1.78. The van der Waals surface area contributed by atoms with Crippen LogP contribution in [-0.2, 0) is 0 Å². The van der Waals surface area contributed by atoms with E-state index in [1.54, 1.807) is 6.20 Å². The van der Waals surface area contributed by atoms with Crippen LogP contribution in [0.1, 0.15) is 24.5 Å². The van der Waals surface area contributed by atoms with Crippen molar-refractivity contribution < 1.29 is 9.90 Å². The SMILES string of the molecule is Nc1ccc(C2CCN(C(=O)O)CC2)nc1. The molecule has 1 aromatic heterocycles. The molecule has 0 spiro atoms. The molecule has 86 valence electrons. The lowest BCUT2D eigenvalue weighted by molar-refractivity contribution is 0.131. The van der Waals surface area contributed by atoms with Gasteiger partial charge in [-0.3, -0.25) is 4.98 Å². The van der Waals surface area contributed by atoms with Crippen LogP contribution in [0, 0.1) is 0 Å². The number of likely N-dealkylation sites (tertiary alicyclic amines) is 1. The summed E-state index contributed by atoms with van der Waals surface area (Å²) in [4.78, 5) is 16.5. The first kappa shape index (κ1) is 10.7. The van der Waals surface area contributed by atoms with Gasteiger partial charge in [0.05, 0.1) is 11.9 Å². The van der Waals surface area contributed by atoms with Crippen LogP contribution in [0.3, 0.4) is 0 Å². The molecule has 0 aromatic carbocycles. The molecule has 5 nitrogen and oxygen atoms in total. The van der Waals surface area contributed by atoms with Gasteiger partial charge in [0.15, 0.2) is 0 Å². The lowest BCUT2D eigenvalue weighted by atomic mass is 9.93. The molecule has 0 saturated carbocycles. The van der Waals surface area contributed by atoms with Crippen LogP contribution >= 0.6 is 0 Å². The maximum atomic E-state index is 10.7. The first-order valence-electron chi connectivity index (χ1n) is 5.36. The standard InChI is InChI=1S/C11H15N3O2/c12-9-1-2-10(13-7-9)8-3-5-14(6-4-8)11(15)16/h1-2,7-8H,3-6,12H2,(H,15,16). The number of nitrogens with two attached hydrogens (primary N) is 1. The van der Waals surface area contributed by atoms with Gasteiger partial charge in [0, 0.05) is 24.7 Å². The van der Waals surface area contributed by atoms with Gasteiger partial charge in [-0.2, -0.15) is 0 Å². The summed E-state index contributed by atoms with van der Waals surface area (Å²) >= 11 is 0. The van der Waals surface area contributed by atoms with E-state index in [1.807, 2.05) is 12.1 Å². The van der Waals surface area contributed by atoms with Crippen LogP contribution < -0.4 is 5.73 Å². The molecular formula is C11H15N3O2. The molecule has 0 radical (unpaired) electrons. The summed E-state index contributed by atoms with van der Waals surface area (Å²) in [5, 5.41) is 8.83. The minimum Gasteiger partial charge on any atom is -0.465 e. The third kappa shape index (κ3) is 2.24. The Labute approximate surface area is 93.9 Å². The molecule has 1 fully saturated rings.